The first-order valence-corrected chi connectivity index (χ1v) is 6.07. The Hall–Kier alpha value is -1.06. The topological polar surface area (TPSA) is 40.5 Å². The van der Waals surface area contributed by atoms with Gasteiger partial charge in [-0.15, -0.1) is 12.4 Å². The van der Waals surface area contributed by atoms with Gasteiger partial charge in [0.25, 0.3) is 0 Å². The van der Waals surface area contributed by atoms with Crippen molar-refractivity contribution >= 4 is 18.4 Å². The Kier molecular flexibility index (Phi) is 5.17. The highest BCUT2D eigenvalue weighted by atomic mass is 35.5. The highest BCUT2D eigenvalue weighted by molar-refractivity contribution is 5.85. The van der Waals surface area contributed by atoms with Crippen LogP contribution in [0.15, 0.2) is 18.2 Å². The number of benzene rings is 1. The predicted octanol–water partition coefficient (Wildman–Crippen LogP) is 2.63. The van der Waals surface area contributed by atoms with E-state index in [1.165, 1.54) is 16.7 Å². The zero-order valence-electron chi connectivity index (χ0n) is 10.8. The standard InChI is InChI=1S/C14H19NO2.ClH/c1-10-3-4-11(2)13(7-10)9-15-6-5-12(8-15)14(16)17;/h3-4,7,12H,5-6,8-9H2,1-2H3,(H,16,17);1H. The number of carboxylic acid groups (broad SMARTS) is 1. The summed E-state index contributed by atoms with van der Waals surface area (Å²) in [4.78, 5) is 13.1. The van der Waals surface area contributed by atoms with E-state index in [9.17, 15) is 4.79 Å². The Morgan fingerprint density at radius 2 is 2.17 bits per heavy atom. The Morgan fingerprint density at radius 1 is 1.44 bits per heavy atom. The number of halogens is 1. The summed E-state index contributed by atoms with van der Waals surface area (Å²) >= 11 is 0. The van der Waals surface area contributed by atoms with Crippen LogP contribution in [0.1, 0.15) is 23.1 Å². The molecule has 0 aliphatic carbocycles. The van der Waals surface area contributed by atoms with Gasteiger partial charge in [0.2, 0.25) is 0 Å². The molecule has 18 heavy (non-hydrogen) atoms. The number of carbonyl (C=O) groups is 1. The van der Waals surface area contributed by atoms with Gasteiger partial charge in [0, 0.05) is 13.1 Å². The molecule has 1 aromatic rings. The van der Waals surface area contributed by atoms with Gasteiger partial charge >= 0.3 is 5.97 Å². The molecule has 1 N–H and O–H groups in total. The first-order chi connectivity index (χ1) is 8.06. The Bertz CT molecular complexity index is 434. The zero-order valence-corrected chi connectivity index (χ0v) is 11.7. The molecule has 1 saturated heterocycles. The molecule has 100 valence electrons. The summed E-state index contributed by atoms with van der Waals surface area (Å²) in [5, 5.41) is 8.97. The van der Waals surface area contributed by atoms with E-state index in [2.05, 4.69) is 36.9 Å². The van der Waals surface area contributed by atoms with Crippen LogP contribution in [0.4, 0.5) is 0 Å². The van der Waals surface area contributed by atoms with Gasteiger partial charge in [-0.05, 0) is 37.9 Å². The van der Waals surface area contributed by atoms with Gasteiger partial charge in [-0.2, -0.15) is 0 Å². The van der Waals surface area contributed by atoms with E-state index in [1.54, 1.807) is 0 Å². The van der Waals surface area contributed by atoms with Crippen LogP contribution in [0, 0.1) is 19.8 Å². The summed E-state index contributed by atoms with van der Waals surface area (Å²) in [5.41, 5.74) is 3.87. The van der Waals surface area contributed by atoms with Crippen LogP contribution in [-0.2, 0) is 11.3 Å². The van der Waals surface area contributed by atoms with E-state index >= 15 is 0 Å². The van der Waals surface area contributed by atoms with E-state index in [0.717, 1.165) is 19.5 Å². The molecule has 0 amide bonds. The van der Waals surface area contributed by atoms with E-state index < -0.39 is 5.97 Å². The summed E-state index contributed by atoms with van der Waals surface area (Å²) in [6.45, 7) is 6.65. The lowest BCUT2D eigenvalue weighted by Crippen LogP contribution is -2.23. The molecule has 0 bridgehead atoms. The molecule has 1 aliphatic rings. The maximum atomic E-state index is 10.9. The Labute approximate surface area is 114 Å². The molecule has 1 aromatic carbocycles. The number of hydrogen-bond donors (Lipinski definition) is 1. The third-order valence-corrected chi connectivity index (χ3v) is 3.52. The predicted molar refractivity (Wildman–Crippen MR) is 74.2 cm³/mol. The van der Waals surface area contributed by atoms with E-state index in [-0.39, 0.29) is 18.3 Å². The second kappa shape index (κ2) is 6.21. The second-order valence-corrected chi connectivity index (χ2v) is 4.99. The molecule has 1 atom stereocenters. The van der Waals surface area contributed by atoms with Gasteiger partial charge in [0.1, 0.15) is 0 Å². The summed E-state index contributed by atoms with van der Waals surface area (Å²) < 4.78 is 0. The first-order valence-electron chi connectivity index (χ1n) is 6.07. The molecule has 3 nitrogen and oxygen atoms in total. The zero-order chi connectivity index (χ0) is 12.4. The smallest absolute Gasteiger partial charge is 0.307 e. The molecule has 1 unspecified atom stereocenters. The van der Waals surface area contributed by atoms with Gasteiger partial charge in [-0.3, -0.25) is 9.69 Å². The molecule has 1 aliphatic heterocycles. The molecule has 0 spiro atoms. The maximum absolute atomic E-state index is 10.9. The number of aryl methyl sites for hydroxylation is 2. The average Bonchev–Trinajstić information content (AvgIpc) is 2.72. The minimum Gasteiger partial charge on any atom is -0.481 e. The van der Waals surface area contributed by atoms with Crippen molar-refractivity contribution in [1.29, 1.82) is 0 Å². The number of nitrogens with zero attached hydrogens (tertiary/aromatic N) is 1. The quantitative estimate of drug-likeness (QED) is 0.917. The first kappa shape index (κ1) is 15.0. The number of hydrogen-bond acceptors (Lipinski definition) is 2. The SMILES string of the molecule is Cc1ccc(C)c(CN2CCC(C(=O)O)C2)c1.Cl. The normalized spacial score (nSPS) is 19.6. The fourth-order valence-electron chi connectivity index (χ4n) is 2.39. The third kappa shape index (κ3) is 3.47. The third-order valence-electron chi connectivity index (χ3n) is 3.52. The van der Waals surface area contributed by atoms with Crippen molar-refractivity contribution < 1.29 is 9.90 Å². The Morgan fingerprint density at radius 3 is 2.78 bits per heavy atom. The van der Waals surface area contributed by atoms with Crippen molar-refractivity contribution in [3.63, 3.8) is 0 Å². The van der Waals surface area contributed by atoms with Gasteiger partial charge in [-0.25, -0.2) is 0 Å². The molecular formula is C14H20ClNO2. The van der Waals surface area contributed by atoms with Crippen LogP contribution >= 0.6 is 12.4 Å². The summed E-state index contributed by atoms with van der Waals surface area (Å²) in [6.07, 6.45) is 0.778. The van der Waals surface area contributed by atoms with Crippen molar-refractivity contribution in [3.05, 3.63) is 34.9 Å². The fraction of sp³-hybridized carbons (Fsp3) is 0.500. The summed E-state index contributed by atoms with van der Waals surface area (Å²) in [5.74, 6) is -0.839. The number of carboxylic acids is 1. The number of rotatable bonds is 3. The van der Waals surface area contributed by atoms with Gasteiger partial charge in [-0.1, -0.05) is 23.8 Å². The molecule has 0 aromatic heterocycles. The Balaban J connectivity index is 0.00000162. The molecule has 1 heterocycles. The van der Waals surface area contributed by atoms with Gasteiger partial charge in [0.05, 0.1) is 5.92 Å². The van der Waals surface area contributed by atoms with Crippen molar-refractivity contribution in [2.45, 2.75) is 26.8 Å². The number of aliphatic carboxylic acids is 1. The van der Waals surface area contributed by atoms with Crippen molar-refractivity contribution in [3.8, 4) is 0 Å². The highest BCUT2D eigenvalue weighted by Gasteiger charge is 2.27. The lowest BCUT2D eigenvalue weighted by atomic mass is 10.1. The van der Waals surface area contributed by atoms with Crippen molar-refractivity contribution in [1.82, 2.24) is 4.90 Å². The fourth-order valence-corrected chi connectivity index (χ4v) is 2.39. The monoisotopic (exact) mass is 269 g/mol. The van der Waals surface area contributed by atoms with Crippen LogP contribution in [0.25, 0.3) is 0 Å². The second-order valence-electron chi connectivity index (χ2n) is 4.99. The van der Waals surface area contributed by atoms with Crippen LogP contribution in [0.3, 0.4) is 0 Å². The van der Waals surface area contributed by atoms with Crippen molar-refractivity contribution in [2.75, 3.05) is 13.1 Å². The lowest BCUT2D eigenvalue weighted by Gasteiger charge is -2.17. The average molecular weight is 270 g/mol. The highest BCUT2D eigenvalue weighted by Crippen LogP contribution is 2.20. The van der Waals surface area contributed by atoms with Gasteiger partial charge in [0.15, 0.2) is 0 Å². The molecule has 1 fully saturated rings. The van der Waals surface area contributed by atoms with Crippen molar-refractivity contribution in [2.24, 2.45) is 5.92 Å². The van der Waals surface area contributed by atoms with E-state index in [1.807, 2.05) is 0 Å². The molecule has 0 saturated carbocycles. The minimum absolute atomic E-state index is 0. The van der Waals surface area contributed by atoms with Crippen LogP contribution in [0.2, 0.25) is 0 Å². The largest absolute Gasteiger partial charge is 0.481 e. The minimum atomic E-state index is -0.659. The van der Waals surface area contributed by atoms with Crippen LogP contribution < -0.4 is 0 Å². The van der Waals surface area contributed by atoms with Crippen LogP contribution in [0.5, 0.6) is 0 Å². The van der Waals surface area contributed by atoms with E-state index in [0.29, 0.717) is 6.54 Å². The summed E-state index contributed by atoms with van der Waals surface area (Å²) in [6, 6.07) is 6.45. The van der Waals surface area contributed by atoms with Gasteiger partial charge < -0.3 is 5.11 Å². The molecular weight excluding hydrogens is 250 g/mol. The van der Waals surface area contributed by atoms with Crippen LogP contribution in [-0.4, -0.2) is 29.1 Å². The number of likely N-dealkylation sites (tertiary alicyclic amines) is 1. The lowest BCUT2D eigenvalue weighted by molar-refractivity contribution is -0.141. The van der Waals surface area contributed by atoms with E-state index in [4.69, 9.17) is 5.11 Å². The molecule has 0 radical (unpaired) electrons. The molecule has 4 heteroatoms. The molecule has 2 rings (SSSR count). The maximum Gasteiger partial charge on any atom is 0.307 e. The summed E-state index contributed by atoms with van der Waals surface area (Å²) in [7, 11) is 0.